The van der Waals surface area contributed by atoms with E-state index in [1.54, 1.807) is 6.07 Å². The second-order valence-electron chi connectivity index (χ2n) is 6.93. The van der Waals surface area contributed by atoms with Gasteiger partial charge in [0.2, 0.25) is 5.91 Å². The van der Waals surface area contributed by atoms with Crippen molar-refractivity contribution in [3.8, 4) is 5.82 Å². The van der Waals surface area contributed by atoms with Crippen molar-refractivity contribution in [3.63, 3.8) is 0 Å². The highest BCUT2D eigenvalue weighted by atomic mass is 19.4. The molecule has 1 aromatic carbocycles. The molecule has 1 atom stereocenters. The number of halogens is 3. The Morgan fingerprint density at radius 3 is 2.73 bits per heavy atom. The van der Waals surface area contributed by atoms with E-state index in [0.717, 1.165) is 18.6 Å². The van der Waals surface area contributed by atoms with E-state index in [9.17, 15) is 18.0 Å². The number of anilines is 2. The van der Waals surface area contributed by atoms with Gasteiger partial charge < -0.3 is 10.2 Å². The summed E-state index contributed by atoms with van der Waals surface area (Å²) in [5, 5.41) is 6.65. The van der Waals surface area contributed by atoms with Gasteiger partial charge in [0.05, 0.1) is 11.5 Å². The van der Waals surface area contributed by atoms with Gasteiger partial charge in [-0.15, -0.1) is 0 Å². The van der Waals surface area contributed by atoms with Crippen LogP contribution in [0.5, 0.6) is 0 Å². The minimum atomic E-state index is -4.46. The third-order valence-electron chi connectivity index (χ3n) is 4.87. The molecule has 2 aromatic heterocycles. The Morgan fingerprint density at radius 1 is 1.13 bits per heavy atom. The molecular formula is C19H18F3N7O. The molecule has 0 bridgehead atoms. The number of alkyl halides is 3. The van der Waals surface area contributed by atoms with Gasteiger partial charge in [-0.1, -0.05) is 6.07 Å². The van der Waals surface area contributed by atoms with Crippen LogP contribution in [0.1, 0.15) is 18.4 Å². The van der Waals surface area contributed by atoms with Crippen molar-refractivity contribution in [3.05, 3.63) is 54.9 Å². The Balaban J connectivity index is 1.45. The highest BCUT2D eigenvalue weighted by Crippen LogP contribution is 2.31. The molecule has 1 saturated heterocycles. The molecule has 1 aliphatic heterocycles. The second kappa shape index (κ2) is 8.09. The lowest BCUT2D eigenvalue weighted by Gasteiger charge is -2.32. The number of hydrogen-bond donors (Lipinski definition) is 1. The summed E-state index contributed by atoms with van der Waals surface area (Å²) in [5.41, 5.74) is -0.672. The molecule has 3 aromatic rings. The molecule has 4 rings (SSSR count). The Hall–Kier alpha value is -3.50. The van der Waals surface area contributed by atoms with Crippen molar-refractivity contribution in [1.29, 1.82) is 0 Å². The summed E-state index contributed by atoms with van der Waals surface area (Å²) in [5.74, 6) is 0.503. The summed E-state index contributed by atoms with van der Waals surface area (Å²) in [7, 11) is 0. The van der Waals surface area contributed by atoms with Gasteiger partial charge in [0.15, 0.2) is 5.82 Å². The van der Waals surface area contributed by atoms with Crippen LogP contribution in [0.2, 0.25) is 0 Å². The summed E-state index contributed by atoms with van der Waals surface area (Å²) >= 11 is 0. The Kier molecular flexibility index (Phi) is 5.34. The summed E-state index contributed by atoms with van der Waals surface area (Å²) < 4.78 is 40.2. The lowest BCUT2D eigenvalue weighted by Crippen LogP contribution is -2.41. The van der Waals surface area contributed by atoms with Gasteiger partial charge in [-0.3, -0.25) is 4.79 Å². The number of piperidine rings is 1. The molecule has 0 aliphatic carbocycles. The molecule has 3 heterocycles. The van der Waals surface area contributed by atoms with Crippen LogP contribution in [-0.4, -0.2) is 43.7 Å². The van der Waals surface area contributed by atoms with Gasteiger partial charge in [-0.05, 0) is 31.0 Å². The molecule has 0 saturated carbocycles. The second-order valence-corrected chi connectivity index (χ2v) is 6.93. The van der Waals surface area contributed by atoms with Gasteiger partial charge in [-0.25, -0.2) is 19.6 Å². The van der Waals surface area contributed by atoms with Crippen LogP contribution in [0.4, 0.5) is 24.7 Å². The average molecular weight is 417 g/mol. The van der Waals surface area contributed by atoms with E-state index in [2.05, 4.69) is 25.4 Å². The minimum absolute atomic E-state index is 0.127. The van der Waals surface area contributed by atoms with Crippen LogP contribution in [-0.2, 0) is 11.0 Å². The molecule has 1 aliphatic rings. The number of amides is 1. The van der Waals surface area contributed by atoms with E-state index in [4.69, 9.17) is 0 Å². The molecule has 156 valence electrons. The number of benzene rings is 1. The van der Waals surface area contributed by atoms with E-state index in [-0.39, 0.29) is 17.5 Å². The largest absolute Gasteiger partial charge is 0.416 e. The number of rotatable bonds is 4. The number of hydrogen-bond acceptors (Lipinski definition) is 6. The first-order chi connectivity index (χ1) is 14.4. The van der Waals surface area contributed by atoms with Crippen molar-refractivity contribution in [2.24, 2.45) is 5.92 Å². The molecule has 1 N–H and O–H groups in total. The Morgan fingerprint density at radius 2 is 1.97 bits per heavy atom. The molecule has 1 fully saturated rings. The molecule has 0 spiro atoms. The average Bonchev–Trinajstić information content (AvgIpc) is 3.29. The summed E-state index contributed by atoms with van der Waals surface area (Å²) in [6, 6.07) is 6.38. The van der Waals surface area contributed by atoms with Crippen LogP contribution in [0, 0.1) is 5.92 Å². The highest BCUT2D eigenvalue weighted by Gasteiger charge is 2.31. The summed E-state index contributed by atoms with van der Waals surface area (Å²) in [6.45, 7) is 1.11. The van der Waals surface area contributed by atoms with Crippen LogP contribution in [0.25, 0.3) is 5.82 Å². The molecule has 8 nitrogen and oxygen atoms in total. The number of aromatic nitrogens is 5. The van der Waals surface area contributed by atoms with Gasteiger partial charge in [0.1, 0.15) is 24.8 Å². The zero-order chi connectivity index (χ0) is 21.1. The molecule has 30 heavy (non-hydrogen) atoms. The normalized spacial score (nSPS) is 17.0. The number of carbonyl (C=O) groups is 1. The minimum Gasteiger partial charge on any atom is -0.356 e. The van der Waals surface area contributed by atoms with Crippen molar-refractivity contribution < 1.29 is 18.0 Å². The maximum atomic E-state index is 12.9. The zero-order valence-corrected chi connectivity index (χ0v) is 15.8. The Labute approximate surface area is 169 Å². The SMILES string of the molecule is O=C(Nc1cccc(C(F)(F)F)c1)C1CCCN(c2cc(-n3cncn3)ncn2)C1. The van der Waals surface area contributed by atoms with E-state index in [1.165, 1.54) is 35.8 Å². The van der Waals surface area contributed by atoms with E-state index in [1.807, 2.05) is 4.90 Å². The van der Waals surface area contributed by atoms with Crippen LogP contribution in [0.15, 0.2) is 49.3 Å². The van der Waals surface area contributed by atoms with Gasteiger partial charge in [0.25, 0.3) is 0 Å². The lowest BCUT2D eigenvalue weighted by atomic mass is 9.97. The maximum absolute atomic E-state index is 12.9. The van der Waals surface area contributed by atoms with Crippen molar-refractivity contribution in [2.75, 3.05) is 23.3 Å². The molecule has 1 unspecified atom stereocenters. The first-order valence-corrected chi connectivity index (χ1v) is 9.30. The molecule has 1 amide bonds. The topological polar surface area (TPSA) is 88.8 Å². The van der Waals surface area contributed by atoms with Gasteiger partial charge in [-0.2, -0.15) is 18.3 Å². The lowest BCUT2D eigenvalue weighted by molar-refractivity contribution is -0.137. The molecule has 11 heteroatoms. The maximum Gasteiger partial charge on any atom is 0.416 e. The van der Waals surface area contributed by atoms with Crippen molar-refractivity contribution in [2.45, 2.75) is 19.0 Å². The highest BCUT2D eigenvalue weighted by molar-refractivity contribution is 5.93. The Bertz CT molecular complexity index is 1020. The first-order valence-electron chi connectivity index (χ1n) is 9.30. The van der Waals surface area contributed by atoms with Crippen LogP contribution in [0.3, 0.4) is 0 Å². The number of nitrogens with one attached hydrogen (secondary N) is 1. The van der Waals surface area contributed by atoms with E-state index < -0.39 is 11.7 Å². The zero-order valence-electron chi connectivity index (χ0n) is 15.8. The third-order valence-corrected chi connectivity index (χ3v) is 4.87. The van der Waals surface area contributed by atoms with Crippen LogP contribution >= 0.6 is 0 Å². The quantitative estimate of drug-likeness (QED) is 0.702. The van der Waals surface area contributed by atoms with E-state index >= 15 is 0 Å². The van der Waals surface area contributed by atoms with Crippen molar-refractivity contribution >= 4 is 17.4 Å². The standard InChI is InChI=1S/C19H18F3N7O/c20-19(21,22)14-4-1-5-15(7-14)27-18(30)13-3-2-6-28(9-13)16-8-17(25-11-24-16)29-12-23-10-26-29/h1,4-5,7-8,10-13H,2-3,6,9H2,(H,27,30). The van der Waals surface area contributed by atoms with Gasteiger partial charge in [0, 0.05) is 24.8 Å². The predicted octanol–water partition coefficient (Wildman–Crippen LogP) is 2.93. The fourth-order valence-electron chi connectivity index (χ4n) is 3.38. The smallest absolute Gasteiger partial charge is 0.356 e. The fraction of sp³-hybridized carbons (Fsp3) is 0.316. The van der Waals surface area contributed by atoms with Crippen molar-refractivity contribution in [1.82, 2.24) is 24.7 Å². The van der Waals surface area contributed by atoms with Crippen LogP contribution < -0.4 is 10.2 Å². The summed E-state index contributed by atoms with van der Waals surface area (Å²) in [6.07, 6.45) is 1.27. The van der Waals surface area contributed by atoms with Gasteiger partial charge >= 0.3 is 6.18 Å². The fourth-order valence-corrected chi connectivity index (χ4v) is 3.38. The third kappa shape index (κ3) is 4.39. The monoisotopic (exact) mass is 417 g/mol. The van der Waals surface area contributed by atoms with E-state index in [0.29, 0.717) is 31.1 Å². The summed E-state index contributed by atoms with van der Waals surface area (Å²) in [4.78, 5) is 27.0. The first kappa shape index (κ1) is 19.8. The number of carbonyl (C=O) groups excluding carboxylic acids is 1. The predicted molar refractivity (Wildman–Crippen MR) is 102 cm³/mol. The molecular weight excluding hydrogens is 399 g/mol. The molecule has 0 radical (unpaired) electrons. The number of nitrogens with zero attached hydrogens (tertiary/aromatic N) is 6.